The maximum Gasteiger partial charge on any atom is 0.0945 e. The Kier molecular flexibility index (Phi) is 7.60. The van der Waals surface area contributed by atoms with Crippen LogP contribution in [0.5, 0.6) is 0 Å². The quantitative estimate of drug-likeness (QED) is 0.785. The molecule has 4 nitrogen and oxygen atoms in total. The van der Waals surface area contributed by atoms with E-state index < -0.39 is 0 Å². The summed E-state index contributed by atoms with van der Waals surface area (Å²) < 4.78 is 4.20. The summed E-state index contributed by atoms with van der Waals surface area (Å²) >= 11 is 0. The molecular weight excluding hydrogens is 224 g/mol. The van der Waals surface area contributed by atoms with Crippen LogP contribution < -0.4 is 0 Å². The van der Waals surface area contributed by atoms with Crippen molar-refractivity contribution >= 4 is 0 Å². The van der Waals surface area contributed by atoms with Crippen molar-refractivity contribution in [1.29, 1.82) is 0 Å². The second-order valence-corrected chi connectivity index (χ2v) is 4.31. The molecule has 0 spiro atoms. The highest BCUT2D eigenvalue weighted by atomic mass is 15.0. The summed E-state index contributed by atoms with van der Waals surface area (Å²) in [5.41, 5.74) is 0. The zero-order valence-electron chi connectivity index (χ0n) is 11.5. The van der Waals surface area contributed by atoms with Crippen molar-refractivity contribution in [2.24, 2.45) is 0 Å². The molecule has 0 aromatic carbocycles. The molecule has 2 heterocycles. The molecule has 0 aliphatic heterocycles. The molecule has 2 aromatic rings. The van der Waals surface area contributed by atoms with Gasteiger partial charge in [-0.05, 0) is 12.8 Å². The molecule has 4 heteroatoms. The van der Waals surface area contributed by atoms with E-state index in [0.29, 0.717) is 0 Å². The lowest BCUT2D eigenvalue weighted by molar-refractivity contribution is 0.631. The number of unbranched alkanes of at least 4 members (excludes halogenated alkanes) is 2. The van der Waals surface area contributed by atoms with Gasteiger partial charge in [0.15, 0.2) is 0 Å². The Labute approximate surface area is 110 Å². The van der Waals surface area contributed by atoms with Crippen LogP contribution >= 0.6 is 0 Å². The van der Waals surface area contributed by atoms with E-state index in [1.807, 2.05) is 37.4 Å². The summed E-state index contributed by atoms with van der Waals surface area (Å²) in [5, 5.41) is 0. The number of hydrogen-bond donors (Lipinski definition) is 0. The minimum Gasteiger partial charge on any atom is -0.337 e. The van der Waals surface area contributed by atoms with Crippen LogP contribution in [0.4, 0.5) is 0 Å². The van der Waals surface area contributed by atoms with Crippen molar-refractivity contribution in [3.8, 4) is 0 Å². The summed E-state index contributed by atoms with van der Waals surface area (Å²) in [7, 11) is 0. The second-order valence-electron chi connectivity index (χ2n) is 4.31. The zero-order chi connectivity index (χ0) is 13.1. The van der Waals surface area contributed by atoms with Crippen molar-refractivity contribution in [2.75, 3.05) is 0 Å². The van der Waals surface area contributed by atoms with E-state index in [-0.39, 0.29) is 0 Å². The van der Waals surface area contributed by atoms with Gasteiger partial charge < -0.3 is 9.13 Å². The molecule has 0 amide bonds. The SMILES string of the molecule is CCCCn1ccnc1.CCCCn1ccnc1. The lowest BCUT2D eigenvalue weighted by Gasteiger charge is -1.96. The molecule has 2 rings (SSSR count). The summed E-state index contributed by atoms with van der Waals surface area (Å²) in [5.74, 6) is 0. The Hall–Kier alpha value is -1.58. The van der Waals surface area contributed by atoms with Gasteiger partial charge in [0.05, 0.1) is 12.7 Å². The van der Waals surface area contributed by atoms with Crippen molar-refractivity contribution in [3.63, 3.8) is 0 Å². The van der Waals surface area contributed by atoms with Crippen molar-refractivity contribution in [1.82, 2.24) is 19.1 Å². The first-order valence-corrected chi connectivity index (χ1v) is 6.78. The van der Waals surface area contributed by atoms with Gasteiger partial charge in [0, 0.05) is 37.9 Å². The topological polar surface area (TPSA) is 35.6 Å². The Morgan fingerprint density at radius 1 is 0.778 bits per heavy atom. The van der Waals surface area contributed by atoms with E-state index in [1.54, 1.807) is 0 Å². The molecule has 0 atom stereocenters. The lowest BCUT2D eigenvalue weighted by Crippen LogP contribution is -1.92. The molecule has 2 aromatic heterocycles. The number of imidazole rings is 2. The molecule has 0 bridgehead atoms. The highest BCUT2D eigenvalue weighted by molar-refractivity contribution is 4.73. The van der Waals surface area contributed by atoms with E-state index in [4.69, 9.17) is 0 Å². The predicted molar refractivity (Wildman–Crippen MR) is 74.3 cm³/mol. The average molecular weight is 248 g/mol. The van der Waals surface area contributed by atoms with Gasteiger partial charge in [-0.3, -0.25) is 0 Å². The minimum atomic E-state index is 1.11. The van der Waals surface area contributed by atoms with Crippen LogP contribution in [0.15, 0.2) is 37.4 Å². The van der Waals surface area contributed by atoms with Gasteiger partial charge in [-0.1, -0.05) is 26.7 Å². The van der Waals surface area contributed by atoms with Gasteiger partial charge in [-0.2, -0.15) is 0 Å². The first-order chi connectivity index (χ1) is 8.86. The van der Waals surface area contributed by atoms with Crippen LogP contribution in [0.1, 0.15) is 39.5 Å². The van der Waals surface area contributed by atoms with Crippen molar-refractivity contribution in [3.05, 3.63) is 37.4 Å². The van der Waals surface area contributed by atoms with Crippen LogP contribution in [0, 0.1) is 0 Å². The highest BCUT2D eigenvalue weighted by Crippen LogP contribution is 1.93. The van der Waals surface area contributed by atoms with E-state index in [1.165, 1.54) is 25.7 Å². The van der Waals surface area contributed by atoms with Gasteiger partial charge in [0.1, 0.15) is 0 Å². The lowest BCUT2D eigenvalue weighted by atomic mass is 10.3. The van der Waals surface area contributed by atoms with E-state index in [0.717, 1.165) is 13.1 Å². The molecule has 0 saturated heterocycles. The molecule has 100 valence electrons. The molecule has 0 radical (unpaired) electrons. The van der Waals surface area contributed by atoms with Gasteiger partial charge >= 0.3 is 0 Å². The van der Waals surface area contributed by atoms with Gasteiger partial charge in [0.2, 0.25) is 0 Å². The minimum absolute atomic E-state index is 1.11. The van der Waals surface area contributed by atoms with Gasteiger partial charge in [-0.25, -0.2) is 9.97 Å². The summed E-state index contributed by atoms with van der Waals surface area (Å²) in [6.07, 6.45) is 16.3. The fraction of sp³-hybridized carbons (Fsp3) is 0.571. The predicted octanol–water partition coefficient (Wildman–Crippen LogP) is 3.37. The first kappa shape index (κ1) is 14.5. The normalized spacial score (nSPS) is 9.89. The number of aryl methyl sites for hydroxylation is 2. The van der Waals surface area contributed by atoms with Crippen LogP contribution in [-0.2, 0) is 13.1 Å². The van der Waals surface area contributed by atoms with Gasteiger partial charge in [0.25, 0.3) is 0 Å². The fourth-order valence-corrected chi connectivity index (χ4v) is 1.52. The average Bonchev–Trinajstić information content (AvgIpc) is 3.07. The van der Waals surface area contributed by atoms with E-state index in [9.17, 15) is 0 Å². The maximum absolute atomic E-state index is 3.94. The van der Waals surface area contributed by atoms with Gasteiger partial charge in [-0.15, -0.1) is 0 Å². The molecule has 18 heavy (non-hydrogen) atoms. The highest BCUT2D eigenvalue weighted by Gasteiger charge is 1.86. The first-order valence-electron chi connectivity index (χ1n) is 6.78. The molecule has 0 aliphatic rings. The van der Waals surface area contributed by atoms with Crippen molar-refractivity contribution < 1.29 is 0 Å². The number of rotatable bonds is 6. The maximum atomic E-state index is 3.94. The molecule has 0 N–H and O–H groups in total. The number of hydrogen-bond acceptors (Lipinski definition) is 2. The standard InChI is InChI=1S/2C7H12N2/c2*1-2-3-5-9-6-4-8-7-9/h2*4,6-7H,2-3,5H2,1H3. The third-order valence-electron chi connectivity index (χ3n) is 2.66. The van der Waals surface area contributed by atoms with E-state index >= 15 is 0 Å². The Morgan fingerprint density at radius 3 is 1.50 bits per heavy atom. The molecule has 0 fully saturated rings. The summed E-state index contributed by atoms with van der Waals surface area (Å²) in [4.78, 5) is 7.88. The molecule has 0 aliphatic carbocycles. The molecule has 0 saturated carbocycles. The van der Waals surface area contributed by atoms with Crippen LogP contribution in [0.2, 0.25) is 0 Å². The summed E-state index contributed by atoms with van der Waals surface area (Å²) in [6.45, 7) is 6.60. The third-order valence-corrected chi connectivity index (χ3v) is 2.66. The van der Waals surface area contributed by atoms with Crippen LogP contribution in [0.25, 0.3) is 0 Å². The van der Waals surface area contributed by atoms with Crippen LogP contribution in [-0.4, -0.2) is 19.1 Å². The number of aromatic nitrogens is 4. The number of nitrogens with zero attached hydrogens (tertiary/aromatic N) is 4. The Bertz CT molecular complexity index is 326. The molecule has 0 unspecified atom stereocenters. The van der Waals surface area contributed by atoms with Crippen LogP contribution in [0.3, 0.4) is 0 Å². The zero-order valence-corrected chi connectivity index (χ0v) is 11.5. The summed E-state index contributed by atoms with van der Waals surface area (Å²) in [6, 6.07) is 0. The van der Waals surface area contributed by atoms with Crippen molar-refractivity contribution in [2.45, 2.75) is 52.6 Å². The smallest absolute Gasteiger partial charge is 0.0945 e. The third kappa shape index (κ3) is 6.23. The Balaban J connectivity index is 0.000000180. The fourth-order valence-electron chi connectivity index (χ4n) is 1.52. The molecular formula is C14H24N4. The monoisotopic (exact) mass is 248 g/mol. The second kappa shape index (κ2) is 9.45. The Morgan fingerprint density at radius 2 is 1.22 bits per heavy atom. The van der Waals surface area contributed by atoms with E-state index in [2.05, 4.69) is 32.9 Å². The largest absolute Gasteiger partial charge is 0.337 e.